The molecular formula is C10H19F3N2O2. The van der Waals surface area contributed by atoms with Gasteiger partial charge in [0.1, 0.15) is 13.2 Å². The lowest BCUT2D eigenvalue weighted by atomic mass is 10.1. The minimum Gasteiger partial charge on any atom is -0.362 e. The molecule has 0 aromatic heterocycles. The maximum Gasteiger partial charge on any atom is 0.411 e. The van der Waals surface area contributed by atoms with Gasteiger partial charge < -0.3 is 15.8 Å². The summed E-state index contributed by atoms with van der Waals surface area (Å²) < 4.78 is 39.4. The molecule has 7 heteroatoms. The van der Waals surface area contributed by atoms with Gasteiger partial charge in [-0.05, 0) is 6.42 Å². The van der Waals surface area contributed by atoms with Crippen LogP contribution in [0.5, 0.6) is 0 Å². The zero-order chi connectivity index (χ0) is 13.3. The van der Waals surface area contributed by atoms with Gasteiger partial charge >= 0.3 is 6.18 Å². The molecule has 4 nitrogen and oxygen atoms in total. The zero-order valence-electron chi connectivity index (χ0n) is 9.85. The van der Waals surface area contributed by atoms with Crippen molar-refractivity contribution >= 4 is 5.91 Å². The number of carbonyl (C=O) groups is 1. The Morgan fingerprint density at radius 1 is 1.47 bits per heavy atom. The Morgan fingerprint density at radius 2 is 2.12 bits per heavy atom. The van der Waals surface area contributed by atoms with Crippen LogP contribution in [0.1, 0.15) is 26.2 Å². The Balaban J connectivity index is 3.75. The predicted molar refractivity (Wildman–Crippen MR) is 57.4 cm³/mol. The monoisotopic (exact) mass is 256 g/mol. The standard InChI is InChI=1S/C10H19F3N2O2/c1-2-3-4-8(5-14)15-9(16)6-17-7-10(11,12)13/h8H,2-7,14H2,1H3,(H,15,16). The molecule has 0 aliphatic carbocycles. The fourth-order valence-electron chi connectivity index (χ4n) is 1.23. The number of hydrogen-bond acceptors (Lipinski definition) is 3. The molecule has 0 aliphatic heterocycles. The van der Waals surface area contributed by atoms with Crippen molar-refractivity contribution in [2.75, 3.05) is 19.8 Å². The van der Waals surface area contributed by atoms with Crippen molar-refractivity contribution in [3.05, 3.63) is 0 Å². The number of ether oxygens (including phenoxy) is 1. The highest BCUT2D eigenvalue weighted by Gasteiger charge is 2.27. The number of nitrogens with two attached hydrogens (primary N) is 1. The molecule has 3 N–H and O–H groups in total. The number of hydrogen-bond donors (Lipinski definition) is 2. The van der Waals surface area contributed by atoms with E-state index in [2.05, 4.69) is 10.1 Å². The number of carbonyl (C=O) groups excluding carboxylic acids is 1. The molecule has 0 heterocycles. The number of nitrogens with one attached hydrogen (secondary N) is 1. The van der Waals surface area contributed by atoms with E-state index in [1.54, 1.807) is 0 Å². The predicted octanol–water partition coefficient (Wildman–Crippen LogP) is 1.20. The normalized spacial score (nSPS) is 13.5. The first-order chi connectivity index (χ1) is 7.89. The second-order valence-corrected chi connectivity index (χ2v) is 3.75. The zero-order valence-corrected chi connectivity index (χ0v) is 9.85. The molecule has 0 fully saturated rings. The first kappa shape index (κ1) is 16.2. The van der Waals surface area contributed by atoms with Crippen LogP contribution in [-0.4, -0.2) is 37.9 Å². The lowest BCUT2D eigenvalue weighted by Gasteiger charge is -2.16. The van der Waals surface area contributed by atoms with Gasteiger partial charge in [-0.2, -0.15) is 13.2 Å². The highest BCUT2D eigenvalue weighted by molar-refractivity contribution is 5.77. The molecule has 0 aromatic carbocycles. The Morgan fingerprint density at radius 3 is 2.59 bits per heavy atom. The summed E-state index contributed by atoms with van der Waals surface area (Å²) in [5, 5.41) is 2.53. The van der Waals surface area contributed by atoms with Crippen LogP contribution in [0.2, 0.25) is 0 Å². The van der Waals surface area contributed by atoms with Crippen molar-refractivity contribution in [3.8, 4) is 0 Å². The molecule has 0 bridgehead atoms. The van der Waals surface area contributed by atoms with E-state index in [0.29, 0.717) is 0 Å². The van der Waals surface area contributed by atoms with E-state index in [1.165, 1.54) is 0 Å². The van der Waals surface area contributed by atoms with Crippen LogP contribution in [0, 0.1) is 0 Å². The second kappa shape index (κ2) is 8.30. The van der Waals surface area contributed by atoms with Gasteiger partial charge in [0.25, 0.3) is 0 Å². The SMILES string of the molecule is CCCCC(CN)NC(=O)COCC(F)(F)F. The van der Waals surface area contributed by atoms with E-state index in [4.69, 9.17) is 5.73 Å². The first-order valence-corrected chi connectivity index (χ1v) is 5.53. The maximum atomic E-state index is 11.7. The summed E-state index contributed by atoms with van der Waals surface area (Å²) in [5.74, 6) is -0.569. The van der Waals surface area contributed by atoms with E-state index in [9.17, 15) is 18.0 Å². The van der Waals surface area contributed by atoms with E-state index < -0.39 is 25.3 Å². The first-order valence-electron chi connectivity index (χ1n) is 5.53. The van der Waals surface area contributed by atoms with Crippen LogP contribution < -0.4 is 11.1 Å². The number of alkyl halides is 3. The van der Waals surface area contributed by atoms with Gasteiger partial charge in [-0.15, -0.1) is 0 Å². The van der Waals surface area contributed by atoms with E-state index in [1.807, 2.05) is 6.92 Å². The van der Waals surface area contributed by atoms with Gasteiger partial charge in [0.15, 0.2) is 0 Å². The topological polar surface area (TPSA) is 64.3 Å². The van der Waals surface area contributed by atoms with Crippen LogP contribution >= 0.6 is 0 Å². The van der Waals surface area contributed by atoms with Crippen LogP contribution in [0.25, 0.3) is 0 Å². The Bertz CT molecular complexity index is 222. The highest BCUT2D eigenvalue weighted by Crippen LogP contribution is 2.14. The average Bonchev–Trinajstić information content (AvgIpc) is 2.22. The summed E-state index contributed by atoms with van der Waals surface area (Å²) in [7, 11) is 0. The van der Waals surface area contributed by atoms with Gasteiger partial charge in [-0.1, -0.05) is 19.8 Å². The van der Waals surface area contributed by atoms with Gasteiger partial charge in [0.05, 0.1) is 0 Å². The molecule has 17 heavy (non-hydrogen) atoms. The molecule has 1 unspecified atom stereocenters. The summed E-state index contributed by atoms with van der Waals surface area (Å²) in [6.07, 6.45) is -1.81. The third-order valence-electron chi connectivity index (χ3n) is 2.05. The Kier molecular flexibility index (Phi) is 7.90. The molecule has 0 radical (unpaired) electrons. The van der Waals surface area contributed by atoms with E-state index >= 15 is 0 Å². The lowest BCUT2D eigenvalue weighted by molar-refractivity contribution is -0.175. The quantitative estimate of drug-likeness (QED) is 0.686. The summed E-state index contributed by atoms with van der Waals surface area (Å²) in [6, 6.07) is -0.197. The average molecular weight is 256 g/mol. The van der Waals surface area contributed by atoms with Crippen LogP contribution in [0.4, 0.5) is 13.2 Å². The highest BCUT2D eigenvalue weighted by atomic mass is 19.4. The lowest BCUT2D eigenvalue weighted by Crippen LogP contribution is -2.42. The maximum absolute atomic E-state index is 11.7. The van der Waals surface area contributed by atoms with Gasteiger partial charge in [0, 0.05) is 12.6 Å². The van der Waals surface area contributed by atoms with E-state index in [0.717, 1.165) is 19.3 Å². The van der Waals surface area contributed by atoms with Crippen LogP contribution in [0.15, 0.2) is 0 Å². The van der Waals surface area contributed by atoms with Crippen molar-refractivity contribution in [2.45, 2.75) is 38.4 Å². The van der Waals surface area contributed by atoms with Crippen molar-refractivity contribution in [1.29, 1.82) is 0 Å². The van der Waals surface area contributed by atoms with Crippen LogP contribution in [0.3, 0.4) is 0 Å². The third-order valence-corrected chi connectivity index (χ3v) is 2.05. The van der Waals surface area contributed by atoms with Crippen molar-refractivity contribution in [3.63, 3.8) is 0 Å². The molecule has 1 atom stereocenters. The number of rotatable bonds is 8. The fraction of sp³-hybridized carbons (Fsp3) is 0.900. The second-order valence-electron chi connectivity index (χ2n) is 3.75. The van der Waals surface area contributed by atoms with Crippen molar-refractivity contribution in [2.24, 2.45) is 5.73 Å². The summed E-state index contributed by atoms with van der Waals surface area (Å²) >= 11 is 0. The molecule has 0 saturated heterocycles. The Hall–Kier alpha value is -0.820. The molecule has 0 saturated carbocycles. The molecular weight excluding hydrogens is 237 g/mol. The smallest absolute Gasteiger partial charge is 0.362 e. The molecule has 0 aliphatic rings. The largest absolute Gasteiger partial charge is 0.411 e. The van der Waals surface area contributed by atoms with Crippen LogP contribution in [-0.2, 0) is 9.53 Å². The molecule has 0 rings (SSSR count). The number of unbranched alkanes of at least 4 members (excludes halogenated alkanes) is 1. The summed E-state index contributed by atoms with van der Waals surface area (Å²) in [5.41, 5.74) is 5.42. The minimum absolute atomic E-state index is 0.197. The number of halogens is 3. The van der Waals surface area contributed by atoms with Crippen molar-refractivity contribution in [1.82, 2.24) is 5.32 Å². The minimum atomic E-state index is -4.41. The summed E-state index contributed by atoms with van der Waals surface area (Å²) in [4.78, 5) is 11.2. The molecule has 0 spiro atoms. The molecule has 0 aromatic rings. The third kappa shape index (κ3) is 10.1. The molecule has 102 valence electrons. The van der Waals surface area contributed by atoms with Gasteiger partial charge in [-0.3, -0.25) is 4.79 Å². The van der Waals surface area contributed by atoms with Gasteiger partial charge in [0.2, 0.25) is 5.91 Å². The van der Waals surface area contributed by atoms with Crippen molar-refractivity contribution < 1.29 is 22.7 Å². The fourth-order valence-corrected chi connectivity index (χ4v) is 1.23. The van der Waals surface area contributed by atoms with Gasteiger partial charge in [-0.25, -0.2) is 0 Å². The van der Waals surface area contributed by atoms with E-state index in [-0.39, 0.29) is 12.6 Å². The molecule has 1 amide bonds. The summed E-state index contributed by atoms with van der Waals surface area (Å²) in [6.45, 7) is 0.262. The Labute approximate surface area is 98.7 Å². The number of amides is 1.